The van der Waals surface area contributed by atoms with Crippen molar-refractivity contribution in [3.05, 3.63) is 53.6 Å². The number of hydrogen-bond acceptors (Lipinski definition) is 5. The topological polar surface area (TPSA) is 77.1 Å². The van der Waals surface area contributed by atoms with Gasteiger partial charge in [0.05, 0.1) is 13.0 Å². The van der Waals surface area contributed by atoms with E-state index in [-0.39, 0.29) is 36.4 Å². The van der Waals surface area contributed by atoms with Gasteiger partial charge in [-0.05, 0) is 35.2 Å². The lowest BCUT2D eigenvalue weighted by atomic mass is 9.87. The number of amides is 2. The number of nitrogens with zero attached hydrogens (tertiary/aromatic N) is 1. The van der Waals surface area contributed by atoms with Crippen molar-refractivity contribution in [3.63, 3.8) is 0 Å². The number of nitrogens with one attached hydrogen (secondary N) is 1. The molecule has 2 atom stereocenters. The third-order valence-electron chi connectivity index (χ3n) is 6.03. The number of benzene rings is 2. The largest absolute Gasteiger partial charge is 0.496 e. The van der Waals surface area contributed by atoms with E-state index in [2.05, 4.69) is 5.32 Å². The number of carbonyl (C=O) groups is 2. The van der Waals surface area contributed by atoms with Crippen molar-refractivity contribution in [1.29, 1.82) is 0 Å². The van der Waals surface area contributed by atoms with E-state index in [0.717, 1.165) is 16.9 Å². The Morgan fingerprint density at radius 2 is 1.91 bits per heavy atom. The summed E-state index contributed by atoms with van der Waals surface area (Å²) in [5, 5.41) is 3.06. The molecule has 1 N–H and O–H groups in total. The highest BCUT2D eigenvalue weighted by Crippen LogP contribution is 2.38. The van der Waals surface area contributed by atoms with E-state index in [9.17, 15) is 9.59 Å². The maximum absolute atomic E-state index is 13.3. The van der Waals surface area contributed by atoms with Gasteiger partial charge in [0.2, 0.25) is 18.6 Å². The van der Waals surface area contributed by atoms with Gasteiger partial charge in [-0.3, -0.25) is 9.59 Å². The number of carbonyl (C=O) groups excluding carboxylic acids is 2. The molecule has 2 aliphatic heterocycles. The molecular formula is C25H30N2O5. The second-order valence-corrected chi connectivity index (χ2v) is 8.76. The van der Waals surface area contributed by atoms with Crippen molar-refractivity contribution in [3.8, 4) is 17.2 Å². The van der Waals surface area contributed by atoms with E-state index < -0.39 is 0 Å². The lowest BCUT2D eigenvalue weighted by Crippen LogP contribution is -2.35. The standard InChI is InChI=1S/C25H30N2O5/c1-16(2)10-24(28)27-13-19(18-6-4-5-7-21(18)30-3)20(14-27)25(29)26-12-17-8-9-22-23(11-17)32-15-31-22/h4-9,11,16,19-20H,10,12-15H2,1-3H3,(H,26,29)/t19-,20+/m1/s1. The van der Waals surface area contributed by atoms with E-state index in [1.807, 2.05) is 61.2 Å². The molecule has 170 valence electrons. The molecule has 2 aromatic rings. The quantitative estimate of drug-likeness (QED) is 0.718. The third kappa shape index (κ3) is 4.66. The molecule has 0 unspecified atom stereocenters. The van der Waals surface area contributed by atoms with Gasteiger partial charge >= 0.3 is 0 Å². The molecule has 7 heteroatoms. The Bertz CT molecular complexity index is 990. The predicted octanol–water partition coefficient (Wildman–Crippen LogP) is 3.33. The van der Waals surface area contributed by atoms with Crippen LogP contribution in [0.25, 0.3) is 0 Å². The van der Waals surface area contributed by atoms with Crippen LogP contribution in [-0.4, -0.2) is 43.7 Å². The van der Waals surface area contributed by atoms with Crippen LogP contribution >= 0.6 is 0 Å². The van der Waals surface area contributed by atoms with Gasteiger partial charge < -0.3 is 24.4 Å². The average Bonchev–Trinajstić information content (AvgIpc) is 3.44. The maximum atomic E-state index is 13.3. The zero-order valence-corrected chi connectivity index (χ0v) is 18.8. The fourth-order valence-electron chi connectivity index (χ4n) is 4.41. The van der Waals surface area contributed by atoms with Crippen molar-refractivity contribution < 1.29 is 23.8 Å². The number of hydrogen-bond donors (Lipinski definition) is 1. The molecule has 2 aromatic carbocycles. The Labute approximate surface area is 188 Å². The maximum Gasteiger partial charge on any atom is 0.231 e. The lowest BCUT2D eigenvalue weighted by molar-refractivity contribution is -0.131. The van der Waals surface area contributed by atoms with Crippen LogP contribution in [0.4, 0.5) is 0 Å². The van der Waals surface area contributed by atoms with Gasteiger partial charge in [-0.1, -0.05) is 38.1 Å². The second-order valence-electron chi connectivity index (χ2n) is 8.76. The van der Waals surface area contributed by atoms with Gasteiger partial charge in [0.25, 0.3) is 0 Å². The zero-order valence-electron chi connectivity index (χ0n) is 18.8. The monoisotopic (exact) mass is 438 g/mol. The van der Waals surface area contributed by atoms with Crippen LogP contribution in [0.5, 0.6) is 17.2 Å². The van der Waals surface area contributed by atoms with E-state index in [0.29, 0.717) is 37.6 Å². The first-order valence-electron chi connectivity index (χ1n) is 11.0. The molecule has 2 heterocycles. The van der Waals surface area contributed by atoms with Crippen LogP contribution in [0.1, 0.15) is 37.3 Å². The highest BCUT2D eigenvalue weighted by Gasteiger charge is 2.41. The minimum Gasteiger partial charge on any atom is -0.496 e. The summed E-state index contributed by atoms with van der Waals surface area (Å²) in [4.78, 5) is 27.9. The van der Waals surface area contributed by atoms with Gasteiger partial charge in [0, 0.05) is 32.0 Å². The number of para-hydroxylation sites is 1. The Balaban J connectivity index is 1.51. The van der Waals surface area contributed by atoms with Crippen molar-refractivity contribution in [1.82, 2.24) is 10.2 Å². The summed E-state index contributed by atoms with van der Waals surface area (Å²) in [5.41, 5.74) is 1.89. The molecule has 0 bridgehead atoms. The number of likely N-dealkylation sites (tertiary alicyclic amines) is 1. The Morgan fingerprint density at radius 3 is 2.69 bits per heavy atom. The zero-order chi connectivity index (χ0) is 22.7. The number of ether oxygens (including phenoxy) is 3. The smallest absolute Gasteiger partial charge is 0.231 e. The Morgan fingerprint density at radius 1 is 1.12 bits per heavy atom. The molecule has 1 fully saturated rings. The molecule has 7 nitrogen and oxygen atoms in total. The molecule has 4 rings (SSSR count). The highest BCUT2D eigenvalue weighted by molar-refractivity contribution is 5.83. The summed E-state index contributed by atoms with van der Waals surface area (Å²) in [5.74, 6) is 1.96. The Hall–Kier alpha value is -3.22. The van der Waals surface area contributed by atoms with Crippen LogP contribution in [0, 0.1) is 11.8 Å². The first-order valence-corrected chi connectivity index (χ1v) is 11.0. The van der Waals surface area contributed by atoms with Gasteiger partial charge in [-0.25, -0.2) is 0 Å². The molecule has 0 saturated carbocycles. The van der Waals surface area contributed by atoms with Crippen molar-refractivity contribution in [2.24, 2.45) is 11.8 Å². The fourth-order valence-corrected chi connectivity index (χ4v) is 4.41. The van der Waals surface area contributed by atoms with E-state index in [1.54, 1.807) is 7.11 Å². The molecule has 0 aliphatic carbocycles. The predicted molar refractivity (Wildman–Crippen MR) is 120 cm³/mol. The van der Waals surface area contributed by atoms with Gasteiger partial charge in [-0.15, -0.1) is 0 Å². The van der Waals surface area contributed by atoms with E-state index in [4.69, 9.17) is 14.2 Å². The molecule has 0 radical (unpaired) electrons. The summed E-state index contributed by atoms with van der Waals surface area (Å²) < 4.78 is 16.3. The summed E-state index contributed by atoms with van der Waals surface area (Å²) in [6.45, 7) is 5.57. The molecular weight excluding hydrogens is 408 g/mol. The van der Waals surface area contributed by atoms with Crippen LogP contribution in [-0.2, 0) is 16.1 Å². The van der Waals surface area contributed by atoms with Crippen LogP contribution < -0.4 is 19.5 Å². The number of rotatable bonds is 7. The molecule has 0 spiro atoms. The summed E-state index contributed by atoms with van der Waals surface area (Å²) in [6.07, 6.45) is 0.476. The van der Waals surface area contributed by atoms with Gasteiger partial charge in [0.15, 0.2) is 11.5 Å². The van der Waals surface area contributed by atoms with Crippen molar-refractivity contribution in [2.45, 2.75) is 32.7 Å². The van der Waals surface area contributed by atoms with Crippen molar-refractivity contribution in [2.75, 3.05) is 27.0 Å². The summed E-state index contributed by atoms with van der Waals surface area (Å²) >= 11 is 0. The molecule has 2 aliphatic rings. The normalized spacial score (nSPS) is 19.3. The summed E-state index contributed by atoms with van der Waals surface area (Å²) in [7, 11) is 1.63. The highest BCUT2D eigenvalue weighted by atomic mass is 16.7. The third-order valence-corrected chi connectivity index (χ3v) is 6.03. The minimum absolute atomic E-state index is 0.0709. The SMILES string of the molecule is COc1ccccc1[C@H]1CN(C(=O)CC(C)C)C[C@@H]1C(=O)NCc1ccc2c(c1)OCO2. The molecule has 32 heavy (non-hydrogen) atoms. The van der Waals surface area contributed by atoms with Crippen LogP contribution in [0.15, 0.2) is 42.5 Å². The first kappa shape index (κ1) is 22.0. The molecule has 1 saturated heterocycles. The molecule has 0 aromatic heterocycles. The number of fused-ring (bicyclic) bond motifs is 1. The van der Waals surface area contributed by atoms with E-state index in [1.165, 1.54) is 0 Å². The minimum atomic E-state index is -0.351. The Kier molecular flexibility index (Phi) is 6.53. The lowest BCUT2D eigenvalue weighted by Gasteiger charge is -2.20. The van der Waals surface area contributed by atoms with Crippen LogP contribution in [0.2, 0.25) is 0 Å². The van der Waals surface area contributed by atoms with Crippen molar-refractivity contribution >= 4 is 11.8 Å². The second kappa shape index (κ2) is 9.51. The number of methoxy groups -OCH3 is 1. The average molecular weight is 439 g/mol. The molecule has 2 amide bonds. The fraction of sp³-hybridized carbons (Fsp3) is 0.440. The van der Waals surface area contributed by atoms with Gasteiger partial charge in [0.1, 0.15) is 5.75 Å². The van der Waals surface area contributed by atoms with E-state index >= 15 is 0 Å². The first-order chi connectivity index (χ1) is 15.5. The van der Waals surface area contributed by atoms with Gasteiger partial charge in [-0.2, -0.15) is 0 Å². The van der Waals surface area contributed by atoms with Crippen LogP contribution in [0.3, 0.4) is 0 Å². The summed E-state index contributed by atoms with van der Waals surface area (Å²) in [6, 6.07) is 13.4.